The predicted molar refractivity (Wildman–Crippen MR) is 283 cm³/mol. The molecule has 0 spiro atoms. The van der Waals surface area contributed by atoms with Crippen molar-refractivity contribution >= 4 is 56.4 Å². The average molecular weight is 947 g/mol. The van der Waals surface area contributed by atoms with Gasteiger partial charge >= 0.3 is 0 Å². The Morgan fingerprint density at radius 2 is 1.06 bits per heavy atom. The average Bonchev–Trinajstić information content (AvgIpc) is 4.13. The minimum atomic E-state index is -0.110. The van der Waals surface area contributed by atoms with Crippen LogP contribution in [0.5, 0.6) is 0 Å². The molecule has 4 aromatic carbocycles. The molecule has 0 bridgehead atoms. The van der Waals surface area contributed by atoms with E-state index in [1.807, 2.05) is 124 Å². The molecular weight excluding hydrogens is 877 g/mol. The number of anilines is 2. The lowest BCUT2D eigenvalue weighted by Crippen LogP contribution is -2.17. The summed E-state index contributed by atoms with van der Waals surface area (Å²) in [5.74, 6) is 0.718. The SMILES string of the molecule is CC.CC.CC(=O)CCn1cc(-c2nn(C)c3ccccc23)cn1.CC(=O)n1cc(-c2nn(C)c3ccccc23)cn1.Cc1cccc2c1N[C@H](C)CC(=O)C2.Cc1cccc2c1N[C@H](C)CC(=O)C2. The van der Waals surface area contributed by atoms with Gasteiger partial charge in [-0.1, -0.05) is 100 Å². The Hall–Kier alpha value is -7.48. The van der Waals surface area contributed by atoms with Crippen LogP contribution in [0, 0.1) is 13.8 Å². The number of benzene rings is 4. The van der Waals surface area contributed by atoms with Crippen LogP contribution in [0.1, 0.15) is 102 Å². The molecule has 0 unspecified atom stereocenters. The molecular formula is C56H70N10O4. The maximum absolute atomic E-state index is 11.5. The zero-order valence-electron chi connectivity index (χ0n) is 43.0. The quantitative estimate of drug-likeness (QED) is 0.170. The van der Waals surface area contributed by atoms with Gasteiger partial charge in [0.15, 0.2) is 0 Å². The van der Waals surface area contributed by atoms with Crippen LogP contribution in [0.15, 0.2) is 110 Å². The van der Waals surface area contributed by atoms with Crippen LogP contribution in [0.25, 0.3) is 44.3 Å². The Morgan fingerprint density at radius 3 is 1.50 bits per heavy atom. The summed E-state index contributed by atoms with van der Waals surface area (Å²) >= 11 is 0. The fraction of sp³-hybridized carbons (Fsp3) is 0.357. The molecule has 0 saturated heterocycles. The van der Waals surface area contributed by atoms with Crippen molar-refractivity contribution in [2.45, 2.75) is 120 Å². The van der Waals surface area contributed by atoms with E-state index in [1.54, 1.807) is 30.2 Å². The fourth-order valence-corrected chi connectivity index (χ4v) is 8.36. The van der Waals surface area contributed by atoms with Crippen molar-refractivity contribution in [3.8, 4) is 22.5 Å². The molecule has 8 aromatic rings. The van der Waals surface area contributed by atoms with Crippen molar-refractivity contribution in [3.63, 3.8) is 0 Å². The molecule has 2 atom stereocenters. The number of aromatic nitrogens is 8. The van der Waals surface area contributed by atoms with Crippen molar-refractivity contribution in [2.75, 3.05) is 10.6 Å². The highest BCUT2D eigenvalue weighted by molar-refractivity contribution is 5.94. The molecule has 0 saturated carbocycles. The normalized spacial score (nSPS) is 14.6. The van der Waals surface area contributed by atoms with Gasteiger partial charge in [-0.15, -0.1) is 0 Å². The molecule has 368 valence electrons. The third-order valence-corrected chi connectivity index (χ3v) is 11.6. The van der Waals surface area contributed by atoms with Gasteiger partial charge in [-0.25, -0.2) is 4.68 Å². The fourth-order valence-electron chi connectivity index (χ4n) is 8.36. The van der Waals surface area contributed by atoms with Crippen molar-refractivity contribution in [2.24, 2.45) is 14.1 Å². The molecule has 0 fully saturated rings. The van der Waals surface area contributed by atoms with Gasteiger partial charge in [0.25, 0.3) is 0 Å². The number of Topliss-reactive ketones (excluding diaryl/α,β-unsaturated/α-hetero) is 3. The number of nitrogens with one attached hydrogen (secondary N) is 2. The summed E-state index contributed by atoms with van der Waals surface area (Å²) in [5.41, 5.74) is 12.8. The molecule has 2 N–H and O–H groups in total. The van der Waals surface area contributed by atoms with E-state index in [4.69, 9.17) is 0 Å². The standard InChI is InChI=1S/C15H16N4O.C13H12N4O.2C12H15NO.2C2H6/c1-11(20)7-8-19-10-12(9-16-19)15-13-5-3-4-6-14(13)18(2)17-15;1-9(18)17-8-10(7-14-17)13-11-5-3-4-6-12(11)16(2)15-13;2*1-8-4-3-5-10-7-11(14)6-9(2)13-12(8)10;2*1-2/h3-6,9-10H,7-8H2,1-2H3;3-8H,1-2H3;2*3-5,9,13H,6-7H2,1-2H3;2*1-2H3/t;;2*9-;;/m..11../s1. The van der Waals surface area contributed by atoms with E-state index >= 15 is 0 Å². The summed E-state index contributed by atoms with van der Waals surface area (Å²) in [6, 6.07) is 28.9. The molecule has 10 rings (SSSR count). The minimum Gasteiger partial charge on any atom is -0.382 e. The van der Waals surface area contributed by atoms with E-state index in [0.29, 0.717) is 50.2 Å². The third kappa shape index (κ3) is 13.6. The van der Waals surface area contributed by atoms with Gasteiger partial charge in [0, 0.05) is 117 Å². The van der Waals surface area contributed by atoms with Gasteiger partial charge in [-0.3, -0.25) is 33.2 Å². The first-order chi connectivity index (χ1) is 33.6. The van der Waals surface area contributed by atoms with Gasteiger partial charge in [-0.05, 0) is 69.0 Å². The predicted octanol–water partition coefficient (Wildman–Crippen LogP) is 11.2. The van der Waals surface area contributed by atoms with Crippen LogP contribution in [-0.2, 0) is 47.9 Å². The second-order valence-electron chi connectivity index (χ2n) is 17.3. The summed E-state index contributed by atoms with van der Waals surface area (Å²) in [7, 11) is 3.84. The highest BCUT2D eigenvalue weighted by Gasteiger charge is 2.20. The highest BCUT2D eigenvalue weighted by Crippen LogP contribution is 2.30. The van der Waals surface area contributed by atoms with Crippen LogP contribution in [0.2, 0.25) is 0 Å². The summed E-state index contributed by atoms with van der Waals surface area (Å²) in [5, 5.41) is 26.3. The first-order valence-corrected chi connectivity index (χ1v) is 24.3. The van der Waals surface area contributed by atoms with Crippen molar-refractivity contribution in [3.05, 3.63) is 132 Å². The summed E-state index contributed by atoms with van der Waals surface area (Å²) in [6.07, 6.45) is 10.0. The maximum atomic E-state index is 11.5. The molecule has 14 nitrogen and oxygen atoms in total. The van der Waals surface area contributed by atoms with Crippen molar-refractivity contribution in [1.82, 2.24) is 39.1 Å². The van der Waals surface area contributed by atoms with E-state index < -0.39 is 0 Å². The van der Waals surface area contributed by atoms with Gasteiger partial charge in [-0.2, -0.15) is 20.4 Å². The second kappa shape index (κ2) is 25.2. The molecule has 4 aromatic heterocycles. The van der Waals surface area contributed by atoms with Crippen LogP contribution in [0.4, 0.5) is 11.4 Å². The minimum absolute atomic E-state index is 0.110. The molecule has 2 aliphatic rings. The number of para-hydroxylation sites is 4. The van der Waals surface area contributed by atoms with E-state index in [0.717, 1.165) is 66.8 Å². The summed E-state index contributed by atoms with van der Waals surface area (Å²) < 4.78 is 6.81. The Kier molecular flexibility index (Phi) is 19.3. The lowest BCUT2D eigenvalue weighted by molar-refractivity contribution is -0.119. The molecule has 70 heavy (non-hydrogen) atoms. The number of carbonyl (C=O) groups is 4. The lowest BCUT2D eigenvalue weighted by Gasteiger charge is -2.14. The van der Waals surface area contributed by atoms with Crippen molar-refractivity contribution < 1.29 is 19.2 Å². The zero-order valence-corrected chi connectivity index (χ0v) is 43.0. The molecule has 2 aliphatic heterocycles. The van der Waals surface area contributed by atoms with Gasteiger partial charge in [0.05, 0.1) is 23.4 Å². The maximum Gasteiger partial charge on any atom is 0.243 e. The first kappa shape index (κ1) is 53.5. The smallest absolute Gasteiger partial charge is 0.243 e. The number of aryl methyl sites for hydroxylation is 5. The van der Waals surface area contributed by atoms with E-state index in [9.17, 15) is 19.2 Å². The van der Waals surface area contributed by atoms with E-state index in [2.05, 4.69) is 76.9 Å². The van der Waals surface area contributed by atoms with Gasteiger partial charge in [0.2, 0.25) is 5.91 Å². The molecule has 0 amide bonds. The number of hydrogen-bond donors (Lipinski definition) is 2. The number of fused-ring (bicyclic) bond motifs is 4. The Bertz CT molecular complexity index is 2970. The Labute approximate surface area is 412 Å². The zero-order chi connectivity index (χ0) is 51.1. The van der Waals surface area contributed by atoms with Crippen LogP contribution >= 0.6 is 0 Å². The number of nitrogens with zero attached hydrogens (tertiary/aromatic N) is 8. The Balaban J connectivity index is 0.000000171. The third-order valence-electron chi connectivity index (χ3n) is 11.6. The number of hydrogen-bond acceptors (Lipinski definition) is 10. The van der Waals surface area contributed by atoms with E-state index in [1.165, 1.54) is 22.7 Å². The largest absolute Gasteiger partial charge is 0.382 e. The highest BCUT2D eigenvalue weighted by atomic mass is 16.2. The van der Waals surface area contributed by atoms with Crippen molar-refractivity contribution in [1.29, 1.82) is 0 Å². The lowest BCUT2D eigenvalue weighted by atomic mass is 10.0. The number of rotatable bonds is 5. The monoisotopic (exact) mass is 947 g/mol. The van der Waals surface area contributed by atoms with Crippen LogP contribution < -0.4 is 10.6 Å². The summed E-state index contributed by atoms with van der Waals surface area (Å²) in [4.78, 5) is 45.3. The van der Waals surface area contributed by atoms with Crippen LogP contribution in [-0.4, -0.2) is 74.5 Å². The van der Waals surface area contributed by atoms with Crippen LogP contribution in [0.3, 0.4) is 0 Å². The number of carbonyl (C=O) groups excluding carboxylic acids is 4. The van der Waals surface area contributed by atoms with Gasteiger partial charge in [0.1, 0.15) is 28.7 Å². The topological polar surface area (TPSA) is 164 Å². The summed E-state index contributed by atoms with van der Waals surface area (Å²) in [6.45, 7) is 20.0. The van der Waals surface area contributed by atoms with Gasteiger partial charge < -0.3 is 10.6 Å². The second-order valence-corrected chi connectivity index (χ2v) is 17.3. The molecule has 6 heterocycles. The molecule has 14 heteroatoms. The first-order valence-electron chi connectivity index (χ1n) is 24.3. The Morgan fingerprint density at radius 1 is 0.614 bits per heavy atom. The molecule has 0 radical (unpaired) electrons. The van der Waals surface area contributed by atoms with E-state index in [-0.39, 0.29) is 23.8 Å². The molecule has 0 aliphatic carbocycles. The number of ketones is 3.